The van der Waals surface area contributed by atoms with Gasteiger partial charge in [-0.2, -0.15) is 0 Å². The van der Waals surface area contributed by atoms with Crippen molar-refractivity contribution in [2.75, 3.05) is 18.1 Å². The van der Waals surface area contributed by atoms with Gasteiger partial charge in [-0.05, 0) is 43.5 Å². The summed E-state index contributed by atoms with van der Waals surface area (Å²) in [7, 11) is -3.03. The lowest BCUT2D eigenvalue weighted by molar-refractivity contribution is -0.129. The first kappa shape index (κ1) is 16.0. The van der Waals surface area contributed by atoms with E-state index in [9.17, 15) is 13.2 Å². The Morgan fingerprint density at radius 1 is 1.21 bits per heavy atom. The van der Waals surface area contributed by atoms with E-state index in [1.165, 1.54) is 0 Å². The van der Waals surface area contributed by atoms with E-state index in [4.69, 9.17) is 16.3 Å². The van der Waals surface area contributed by atoms with Crippen molar-refractivity contribution in [3.05, 3.63) is 34.4 Å². The molecule has 0 spiro atoms. The van der Waals surface area contributed by atoms with E-state index in [2.05, 4.69) is 0 Å². The van der Waals surface area contributed by atoms with E-state index >= 15 is 0 Å². The molecule has 1 aliphatic carbocycles. The highest BCUT2D eigenvalue weighted by atomic mass is 35.5. The molecule has 3 aliphatic rings. The lowest BCUT2D eigenvalue weighted by Gasteiger charge is -2.30. The Morgan fingerprint density at radius 3 is 2.67 bits per heavy atom. The van der Waals surface area contributed by atoms with Gasteiger partial charge in [0.05, 0.1) is 17.1 Å². The maximum absolute atomic E-state index is 13.0. The molecular weight excluding hydrogens is 350 g/mol. The molecule has 2 heterocycles. The van der Waals surface area contributed by atoms with Crippen LogP contribution >= 0.6 is 11.6 Å². The van der Waals surface area contributed by atoms with Crippen molar-refractivity contribution in [2.24, 2.45) is 0 Å². The Balaban J connectivity index is 1.62. The number of fused-ring (bicyclic) bond motifs is 1. The van der Waals surface area contributed by atoms with E-state index < -0.39 is 9.84 Å². The molecule has 0 radical (unpaired) electrons. The molecule has 1 aromatic rings. The molecule has 1 saturated heterocycles. The number of hydrogen-bond donors (Lipinski definition) is 0. The molecule has 0 bridgehead atoms. The number of rotatable bonds is 3. The summed E-state index contributed by atoms with van der Waals surface area (Å²) in [5, 5.41) is 0.586. The predicted octanol–water partition coefficient (Wildman–Crippen LogP) is 2.29. The Bertz CT molecular complexity index is 829. The van der Waals surface area contributed by atoms with Crippen LogP contribution in [0.4, 0.5) is 0 Å². The van der Waals surface area contributed by atoms with Crippen molar-refractivity contribution >= 4 is 33.4 Å². The van der Waals surface area contributed by atoms with Crippen LogP contribution in [0, 0.1) is 0 Å². The normalized spacial score (nSPS) is 24.7. The average molecular weight is 368 g/mol. The lowest BCUT2D eigenvalue weighted by atomic mass is 10.1. The van der Waals surface area contributed by atoms with Gasteiger partial charge in [0, 0.05) is 22.7 Å². The number of carbonyl (C=O) groups excluding carboxylic acids is 1. The minimum atomic E-state index is -3.03. The van der Waals surface area contributed by atoms with Crippen LogP contribution in [0.15, 0.2) is 23.8 Å². The highest BCUT2D eigenvalue weighted by Crippen LogP contribution is 2.35. The molecule has 1 amide bonds. The molecule has 0 unspecified atom stereocenters. The molecule has 2 aliphatic heterocycles. The maximum atomic E-state index is 13.0. The van der Waals surface area contributed by atoms with Gasteiger partial charge in [-0.1, -0.05) is 11.6 Å². The summed E-state index contributed by atoms with van der Waals surface area (Å²) in [6.07, 6.45) is 4.23. The fraction of sp³-hybridized carbons (Fsp3) is 0.471. The molecule has 5 nitrogen and oxygen atoms in total. The van der Waals surface area contributed by atoms with E-state index in [-0.39, 0.29) is 36.1 Å². The predicted molar refractivity (Wildman–Crippen MR) is 91.9 cm³/mol. The molecular formula is C17H18ClNO4S. The lowest BCUT2D eigenvalue weighted by Crippen LogP contribution is -2.44. The van der Waals surface area contributed by atoms with Gasteiger partial charge in [-0.3, -0.25) is 4.79 Å². The summed E-state index contributed by atoms with van der Waals surface area (Å²) in [6, 6.07) is 5.26. The quantitative estimate of drug-likeness (QED) is 0.822. The number of halogens is 1. The second-order valence-electron chi connectivity index (χ2n) is 6.64. The van der Waals surface area contributed by atoms with Crippen molar-refractivity contribution in [2.45, 2.75) is 31.3 Å². The van der Waals surface area contributed by atoms with Crippen molar-refractivity contribution in [3.63, 3.8) is 0 Å². The van der Waals surface area contributed by atoms with Crippen LogP contribution in [0.25, 0.3) is 6.08 Å². The van der Waals surface area contributed by atoms with Gasteiger partial charge in [0.15, 0.2) is 9.84 Å². The summed E-state index contributed by atoms with van der Waals surface area (Å²) in [6.45, 7) is 0.205. The topological polar surface area (TPSA) is 63.7 Å². The Hall–Kier alpha value is -1.53. The first-order valence-corrected chi connectivity index (χ1v) is 10.3. The zero-order valence-corrected chi connectivity index (χ0v) is 14.6. The van der Waals surface area contributed by atoms with Gasteiger partial charge >= 0.3 is 0 Å². The smallest absolute Gasteiger partial charge is 0.253 e. The van der Waals surface area contributed by atoms with Gasteiger partial charge in [0.1, 0.15) is 12.4 Å². The number of hydrogen-bond acceptors (Lipinski definition) is 4. The monoisotopic (exact) mass is 367 g/mol. The Morgan fingerprint density at radius 2 is 2.00 bits per heavy atom. The fourth-order valence-electron chi connectivity index (χ4n) is 3.41. The molecule has 0 aromatic heterocycles. The molecule has 24 heavy (non-hydrogen) atoms. The zero-order chi connectivity index (χ0) is 16.9. The number of carbonyl (C=O) groups is 1. The maximum Gasteiger partial charge on any atom is 0.253 e. The second-order valence-corrected chi connectivity index (χ2v) is 9.31. The van der Waals surface area contributed by atoms with Crippen molar-refractivity contribution in [1.82, 2.24) is 4.90 Å². The first-order chi connectivity index (χ1) is 11.4. The molecule has 1 aromatic carbocycles. The van der Waals surface area contributed by atoms with E-state index in [1.807, 2.05) is 6.08 Å². The van der Waals surface area contributed by atoms with Crippen molar-refractivity contribution in [3.8, 4) is 5.75 Å². The van der Waals surface area contributed by atoms with E-state index in [0.717, 1.165) is 18.4 Å². The van der Waals surface area contributed by atoms with Crippen molar-refractivity contribution in [1.29, 1.82) is 0 Å². The average Bonchev–Trinajstić information content (AvgIpc) is 3.30. The number of nitrogens with zero attached hydrogens (tertiary/aromatic N) is 1. The van der Waals surface area contributed by atoms with Crippen LogP contribution in [-0.2, 0) is 14.6 Å². The van der Waals surface area contributed by atoms with Crippen LogP contribution in [0.5, 0.6) is 5.75 Å². The number of sulfone groups is 1. The van der Waals surface area contributed by atoms with Gasteiger partial charge in [0.25, 0.3) is 5.91 Å². The highest BCUT2D eigenvalue weighted by molar-refractivity contribution is 7.91. The third-order valence-electron chi connectivity index (χ3n) is 4.74. The summed E-state index contributed by atoms with van der Waals surface area (Å²) in [5.41, 5.74) is 1.34. The first-order valence-electron chi connectivity index (χ1n) is 8.09. The molecule has 7 heteroatoms. The van der Waals surface area contributed by atoms with Gasteiger partial charge in [-0.15, -0.1) is 0 Å². The van der Waals surface area contributed by atoms with Crippen LogP contribution in [0.2, 0.25) is 5.02 Å². The summed E-state index contributed by atoms with van der Waals surface area (Å²) < 4.78 is 29.3. The molecule has 0 N–H and O–H groups in total. The minimum Gasteiger partial charge on any atom is -0.488 e. The van der Waals surface area contributed by atoms with Gasteiger partial charge in [0.2, 0.25) is 0 Å². The fourth-order valence-corrected chi connectivity index (χ4v) is 5.31. The molecule has 4 rings (SSSR count). The van der Waals surface area contributed by atoms with Crippen LogP contribution in [0.3, 0.4) is 0 Å². The highest BCUT2D eigenvalue weighted by Gasteiger charge is 2.43. The van der Waals surface area contributed by atoms with Gasteiger partial charge in [-0.25, -0.2) is 8.42 Å². The Labute approximate surface area is 146 Å². The SMILES string of the molecule is O=C(C1=Cc2cc(Cl)ccc2OC1)N(C1CC1)[C@H]1CCS(=O)(=O)C1. The Kier molecular flexibility index (Phi) is 3.84. The van der Waals surface area contributed by atoms with Crippen LogP contribution in [0.1, 0.15) is 24.8 Å². The number of amides is 1. The largest absolute Gasteiger partial charge is 0.488 e. The third-order valence-corrected chi connectivity index (χ3v) is 6.72. The van der Waals surface area contributed by atoms with Crippen LogP contribution in [-0.4, -0.2) is 49.4 Å². The second kappa shape index (κ2) is 5.77. The van der Waals surface area contributed by atoms with E-state index in [1.54, 1.807) is 23.1 Å². The molecule has 1 saturated carbocycles. The molecule has 2 fully saturated rings. The zero-order valence-electron chi connectivity index (χ0n) is 13.1. The third kappa shape index (κ3) is 3.05. The molecule has 1 atom stereocenters. The standard InChI is InChI=1S/C17H18ClNO4S/c18-13-1-4-16-11(8-13)7-12(9-23-16)17(20)19(14-2-3-14)15-5-6-24(21,22)10-15/h1,4,7-8,14-15H,2-3,5-6,9-10H2/t15-/m0/s1. The van der Waals surface area contributed by atoms with Gasteiger partial charge < -0.3 is 9.64 Å². The van der Waals surface area contributed by atoms with Crippen LogP contribution < -0.4 is 4.74 Å². The van der Waals surface area contributed by atoms with E-state index in [0.29, 0.717) is 22.8 Å². The minimum absolute atomic E-state index is 0.0752. The summed E-state index contributed by atoms with van der Waals surface area (Å²) in [5.74, 6) is 0.844. The molecule has 128 valence electrons. The summed E-state index contributed by atoms with van der Waals surface area (Å²) in [4.78, 5) is 14.8. The summed E-state index contributed by atoms with van der Waals surface area (Å²) >= 11 is 6.02. The van der Waals surface area contributed by atoms with Crippen molar-refractivity contribution < 1.29 is 17.9 Å². The number of ether oxygens (including phenoxy) is 1. The number of benzene rings is 1.